The SMILES string of the molecule is CC1CN2CCCCC2CN1c1ncc(N)cc1Cl. The topological polar surface area (TPSA) is 45.4 Å². The molecule has 1 aromatic rings. The number of nitrogens with two attached hydrogens (primary N) is 1. The molecule has 2 fully saturated rings. The lowest BCUT2D eigenvalue weighted by Crippen LogP contribution is -2.59. The van der Waals surface area contributed by atoms with Crippen LogP contribution >= 0.6 is 11.6 Å². The van der Waals surface area contributed by atoms with Crippen LogP contribution in [0.15, 0.2) is 12.3 Å². The first kappa shape index (κ1) is 13.0. The van der Waals surface area contributed by atoms with Gasteiger partial charge in [0, 0.05) is 25.2 Å². The first-order valence-corrected chi connectivity index (χ1v) is 7.44. The summed E-state index contributed by atoms with van der Waals surface area (Å²) in [6.45, 7) is 5.62. The number of piperazine rings is 1. The van der Waals surface area contributed by atoms with E-state index in [1.807, 2.05) is 0 Å². The zero-order valence-electron chi connectivity index (χ0n) is 11.3. The van der Waals surface area contributed by atoms with Gasteiger partial charge in [-0.3, -0.25) is 4.90 Å². The molecule has 4 nitrogen and oxygen atoms in total. The van der Waals surface area contributed by atoms with E-state index in [0.29, 0.717) is 22.8 Å². The van der Waals surface area contributed by atoms with E-state index in [1.54, 1.807) is 12.3 Å². The Kier molecular flexibility index (Phi) is 3.54. The van der Waals surface area contributed by atoms with Gasteiger partial charge in [0.1, 0.15) is 5.82 Å². The zero-order valence-corrected chi connectivity index (χ0v) is 12.1. The highest BCUT2D eigenvalue weighted by Crippen LogP contribution is 2.31. The number of aromatic nitrogens is 1. The van der Waals surface area contributed by atoms with Crippen molar-refractivity contribution >= 4 is 23.1 Å². The van der Waals surface area contributed by atoms with Crippen molar-refractivity contribution < 1.29 is 0 Å². The van der Waals surface area contributed by atoms with Gasteiger partial charge in [-0.15, -0.1) is 0 Å². The van der Waals surface area contributed by atoms with E-state index in [1.165, 1.54) is 25.8 Å². The Morgan fingerprint density at radius 3 is 3.00 bits per heavy atom. The summed E-state index contributed by atoms with van der Waals surface area (Å²) in [4.78, 5) is 9.40. The van der Waals surface area contributed by atoms with Crippen LogP contribution in [-0.2, 0) is 0 Å². The van der Waals surface area contributed by atoms with Crippen molar-refractivity contribution in [3.63, 3.8) is 0 Å². The molecule has 0 aliphatic carbocycles. The molecule has 2 N–H and O–H groups in total. The van der Waals surface area contributed by atoms with E-state index < -0.39 is 0 Å². The number of halogens is 1. The maximum absolute atomic E-state index is 6.31. The minimum absolute atomic E-state index is 0.447. The van der Waals surface area contributed by atoms with Gasteiger partial charge in [0.15, 0.2) is 0 Å². The highest BCUT2D eigenvalue weighted by Gasteiger charge is 2.34. The smallest absolute Gasteiger partial charge is 0.147 e. The van der Waals surface area contributed by atoms with Crippen molar-refractivity contribution in [1.29, 1.82) is 0 Å². The van der Waals surface area contributed by atoms with Crippen LogP contribution in [0.4, 0.5) is 11.5 Å². The highest BCUT2D eigenvalue weighted by molar-refractivity contribution is 6.33. The van der Waals surface area contributed by atoms with Crippen LogP contribution in [0.2, 0.25) is 5.02 Å². The summed E-state index contributed by atoms with van der Waals surface area (Å²) in [5.41, 5.74) is 6.35. The molecule has 2 saturated heterocycles. The van der Waals surface area contributed by atoms with Gasteiger partial charge in [0.25, 0.3) is 0 Å². The molecular formula is C14H21ClN4. The molecule has 2 unspecified atom stereocenters. The number of pyridine rings is 1. The van der Waals surface area contributed by atoms with Crippen molar-refractivity contribution in [2.24, 2.45) is 0 Å². The summed E-state index contributed by atoms with van der Waals surface area (Å²) in [5.74, 6) is 0.883. The summed E-state index contributed by atoms with van der Waals surface area (Å²) in [7, 11) is 0. The second kappa shape index (κ2) is 5.17. The van der Waals surface area contributed by atoms with Crippen molar-refractivity contribution in [3.8, 4) is 0 Å². The summed E-state index contributed by atoms with van der Waals surface area (Å²) >= 11 is 6.31. The largest absolute Gasteiger partial charge is 0.397 e. The summed E-state index contributed by atoms with van der Waals surface area (Å²) < 4.78 is 0. The van der Waals surface area contributed by atoms with E-state index in [2.05, 4.69) is 21.7 Å². The minimum atomic E-state index is 0.447. The number of fused-ring (bicyclic) bond motifs is 1. The van der Waals surface area contributed by atoms with Crippen molar-refractivity contribution in [2.45, 2.75) is 38.3 Å². The molecule has 19 heavy (non-hydrogen) atoms. The van der Waals surface area contributed by atoms with E-state index in [4.69, 9.17) is 17.3 Å². The third-order valence-corrected chi connectivity index (χ3v) is 4.58. The van der Waals surface area contributed by atoms with Crippen molar-refractivity contribution in [2.75, 3.05) is 30.3 Å². The lowest BCUT2D eigenvalue weighted by atomic mass is 9.97. The van der Waals surface area contributed by atoms with Gasteiger partial charge in [-0.2, -0.15) is 0 Å². The normalized spacial score (nSPS) is 28.2. The maximum atomic E-state index is 6.31. The minimum Gasteiger partial charge on any atom is -0.397 e. The van der Waals surface area contributed by atoms with Gasteiger partial charge in [0.05, 0.1) is 16.9 Å². The van der Waals surface area contributed by atoms with E-state index >= 15 is 0 Å². The Morgan fingerprint density at radius 1 is 1.37 bits per heavy atom. The van der Waals surface area contributed by atoms with Crippen molar-refractivity contribution in [3.05, 3.63) is 17.3 Å². The van der Waals surface area contributed by atoms with E-state index in [9.17, 15) is 0 Å². The molecule has 0 saturated carbocycles. The predicted octanol–water partition coefficient (Wildman–Crippen LogP) is 2.38. The van der Waals surface area contributed by atoms with Gasteiger partial charge in [0.2, 0.25) is 0 Å². The van der Waals surface area contributed by atoms with Crippen LogP contribution in [0.25, 0.3) is 0 Å². The molecule has 3 heterocycles. The van der Waals surface area contributed by atoms with Gasteiger partial charge in [-0.1, -0.05) is 18.0 Å². The van der Waals surface area contributed by atoms with Crippen LogP contribution in [0.1, 0.15) is 26.2 Å². The standard InChI is InChI=1S/C14H21ClN4/c1-10-8-18-5-3-2-4-12(18)9-19(10)14-13(15)6-11(16)7-17-14/h6-7,10,12H,2-5,8-9,16H2,1H3. The molecule has 0 spiro atoms. The fraction of sp³-hybridized carbons (Fsp3) is 0.643. The molecule has 5 heteroatoms. The van der Waals surface area contributed by atoms with Gasteiger partial charge < -0.3 is 10.6 Å². The van der Waals surface area contributed by atoms with E-state index in [-0.39, 0.29) is 0 Å². The number of hydrogen-bond acceptors (Lipinski definition) is 4. The number of nitrogen functional groups attached to an aromatic ring is 1. The molecule has 0 aromatic carbocycles. The molecule has 0 bridgehead atoms. The average Bonchev–Trinajstić information content (AvgIpc) is 2.38. The fourth-order valence-electron chi connectivity index (χ4n) is 3.30. The average molecular weight is 281 g/mol. The summed E-state index contributed by atoms with van der Waals surface area (Å²) in [6.07, 6.45) is 5.66. The quantitative estimate of drug-likeness (QED) is 0.858. The number of piperidine rings is 1. The van der Waals surface area contributed by atoms with Crippen LogP contribution in [0.3, 0.4) is 0 Å². The number of rotatable bonds is 1. The van der Waals surface area contributed by atoms with E-state index in [0.717, 1.165) is 18.9 Å². The number of nitrogens with zero attached hydrogens (tertiary/aromatic N) is 3. The zero-order chi connectivity index (χ0) is 13.4. The maximum Gasteiger partial charge on any atom is 0.147 e. The number of hydrogen-bond donors (Lipinski definition) is 1. The lowest BCUT2D eigenvalue weighted by molar-refractivity contribution is 0.115. The van der Waals surface area contributed by atoms with Crippen LogP contribution in [0.5, 0.6) is 0 Å². The highest BCUT2D eigenvalue weighted by atomic mass is 35.5. The van der Waals surface area contributed by atoms with Gasteiger partial charge in [-0.05, 0) is 32.4 Å². The molecular weight excluding hydrogens is 260 g/mol. The monoisotopic (exact) mass is 280 g/mol. The predicted molar refractivity (Wildman–Crippen MR) is 79.7 cm³/mol. The Labute approximate surface area is 119 Å². The third kappa shape index (κ3) is 2.51. The molecule has 2 atom stereocenters. The Hall–Kier alpha value is -1.00. The third-order valence-electron chi connectivity index (χ3n) is 4.30. The molecule has 0 amide bonds. The first-order valence-electron chi connectivity index (χ1n) is 7.07. The summed E-state index contributed by atoms with van der Waals surface area (Å²) in [5, 5.41) is 0.663. The molecule has 2 aliphatic heterocycles. The first-order chi connectivity index (χ1) is 9.15. The number of anilines is 2. The van der Waals surface area contributed by atoms with Crippen molar-refractivity contribution in [1.82, 2.24) is 9.88 Å². The van der Waals surface area contributed by atoms with Crippen LogP contribution in [-0.4, -0.2) is 41.6 Å². The van der Waals surface area contributed by atoms with Crippen LogP contribution < -0.4 is 10.6 Å². The van der Waals surface area contributed by atoms with Gasteiger partial charge in [-0.25, -0.2) is 4.98 Å². The lowest BCUT2D eigenvalue weighted by Gasteiger charge is -2.48. The molecule has 0 radical (unpaired) electrons. The van der Waals surface area contributed by atoms with Crippen LogP contribution in [0, 0.1) is 0 Å². The summed E-state index contributed by atoms with van der Waals surface area (Å²) in [6, 6.07) is 2.90. The fourth-order valence-corrected chi connectivity index (χ4v) is 3.59. The van der Waals surface area contributed by atoms with Gasteiger partial charge >= 0.3 is 0 Å². The Morgan fingerprint density at radius 2 is 2.21 bits per heavy atom. The molecule has 3 rings (SSSR count). The molecule has 104 valence electrons. The Bertz CT molecular complexity index is 465. The molecule has 1 aromatic heterocycles. The second-order valence-electron chi connectivity index (χ2n) is 5.72. The molecule has 2 aliphatic rings. The Balaban J connectivity index is 1.83. The second-order valence-corrected chi connectivity index (χ2v) is 6.13.